The van der Waals surface area contributed by atoms with Gasteiger partial charge < -0.3 is 14.6 Å². The van der Waals surface area contributed by atoms with Gasteiger partial charge in [-0.05, 0) is 56.4 Å². The molecule has 4 rings (SSSR count). The molecule has 0 fully saturated rings. The molecule has 0 unspecified atom stereocenters. The van der Waals surface area contributed by atoms with Crippen LogP contribution >= 0.6 is 22.9 Å². The number of aromatic nitrogens is 1. The number of rotatable bonds is 5. The third-order valence-corrected chi connectivity index (χ3v) is 6.60. The summed E-state index contributed by atoms with van der Waals surface area (Å²) in [7, 11) is 0. The van der Waals surface area contributed by atoms with Gasteiger partial charge in [0.2, 0.25) is 5.91 Å². The van der Waals surface area contributed by atoms with E-state index in [1.807, 2.05) is 0 Å². The number of fused-ring (bicyclic) bond motifs is 2. The minimum absolute atomic E-state index is 0.00322. The van der Waals surface area contributed by atoms with Gasteiger partial charge in [0.15, 0.2) is 5.43 Å². The van der Waals surface area contributed by atoms with Gasteiger partial charge in [0.25, 0.3) is 0 Å². The molecule has 6 nitrogen and oxygen atoms in total. The molecule has 156 valence electrons. The van der Waals surface area contributed by atoms with E-state index in [0.29, 0.717) is 26.5 Å². The Bertz CT molecular complexity index is 1200. The van der Waals surface area contributed by atoms with Crippen LogP contribution in [-0.2, 0) is 28.9 Å². The average Bonchev–Trinajstić information content (AvgIpc) is 3.08. The first-order valence-corrected chi connectivity index (χ1v) is 11.1. The first-order chi connectivity index (χ1) is 14.5. The first-order valence-electron chi connectivity index (χ1n) is 9.88. The predicted octanol–water partition coefficient (Wildman–Crippen LogP) is 4.41. The van der Waals surface area contributed by atoms with E-state index in [9.17, 15) is 14.4 Å². The summed E-state index contributed by atoms with van der Waals surface area (Å²) in [5.74, 6) is -0.672. The van der Waals surface area contributed by atoms with Crippen molar-refractivity contribution in [2.75, 3.05) is 11.9 Å². The van der Waals surface area contributed by atoms with E-state index in [4.69, 9.17) is 16.3 Å². The fraction of sp³-hybridized carbons (Fsp3) is 0.318. The van der Waals surface area contributed by atoms with Crippen molar-refractivity contribution >= 4 is 50.7 Å². The van der Waals surface area contributed by atoms with Crippen molar-refractivity contribution in [2.45, 2.75) is 39.2 Å². The summed E-state index contributed by atoms with van der Waals surface area (Å²) < 4.78 is 6.93. The molecule has 0 radical (unpaired) electrons. The number of aryl methyl sites for hydroxylation is 1. The number of thiophene rings is 1. The lowest BCUT2D eigenvalue weighted by Gasteiger charge is -2.13. The molecule has 0 saturated carbocycles. The van der Waals surface area contributed by atoms with E-state index in [1.165, 1.54) is 17.4 Å². The Morgan fingerprint density at radius 2 is 2.03 bits per heavy atom. The van der Waals surface area contributed by atoms with E-state index < -0.39 is 5.97 Å². The second-order valence-corrected chi connectivity index (χ2v) is 8.69. The third-order valence-electron chi connectivity index (χ3n) is 5.16. The highest BCUT2D eigenvalue weighted by Gasteiger charge is 2.27. The number of ether oxygens (including phenoxy) is 1. The number of benzene rings is 1. The molecule has 1 amide bonds. The molecular weight excluding hydrogens is 424 g/mol. The third kappa shape index (κ3) is 4.00. The number of carbonyl (C=O) groups is 2. The fourth-order valence-electron chi connectivity index (χ4n) is 3.82. The number of hydrogen-bond donors (Lipinski definition) is 1. The van der Waals surface area contributed by atoms with Gasteiger partial charge in [0.05, 0.1) is 17.7 Å². The monoisotopic (exact) mass is 444 g/mol. The number of nitrogens with one attached hydrogen (secondary N) is 1. The Labute approximate surface area is 182 Å². The molecule has 0 saturated heterocycles. The molecule has 1 aliphatic rings. The van der Waals surface area contributed by atoms with Crippen LogP contribution in [-0.4, -0.2) is 23.1 Å². The standard InChI is InChI=1S/C22H21ClN2O4S/c1-2-29-22(28)20-14-5-3-4-6-18(14)30-21(20)24-19(27)12-25-10-9-17(26)15-11-13(23)7-8-16(15)25/h7-11H,2-6,12H2,1H3,(H,24,27). The summed E-state index contributed by atoms with van der Waals surface area (Å²) >= 11 is 7.46. The van der Waals surface area contributed by atoms with Crippen molar-refractivity contribution in [3.8, 4) is 0 Å². The SMILES string of the molecule is CCOC(=O)c1c(NC(=O)Cn2ccc(=O)c3cc(Cl)ccc32)sc2c1CCCC2. The van der Waals surface area contributed by atoms with Crippen molar-refractivity contribution in [1.29, 1.82) is 0 Å². The van der Waals surface area contributed by atoms with E-state index >= 15 is 0 Å². The second kappa shape index (κ2) is 8.62. The zero-order valence-corrected chi connectivity index (χ0v) is 18.1. The van der Waals surface area contributed by atoms with Crippen LogP contribution in [0.15, 0.2) is 35.3 Å². The summed E-state index contributed by atoms with van der Waals surface area (Å²) in [4.78, 5) is 38.7. The zero-order chi connectivity index (χ0) is 21.3. The maximum atomic E-state index is 12.8. The predicted molar refractivity (Wildman–Crippen MR) is 119 cm³/mol. The van der Waals surface area contributed by atoms with Gasteiger partial charge in [-0.2, -0.15) is 0 Å². The molecule has 8 heteroatoms. The van der Waals surface area contributed by atoms with Gasteiger partial charge in [-0.15, -0.1) is 11.3 Å². The molecule has 0 spiro atoms. The fourth-order valence-corrected chi connectivity index (χ4v) is 5.28. The molecule has 2 aromatic heterocycles. The van der Waals surface area contributed by atoms with Crippen molar-refractivity contribution in [3.63, 3.8) is 0 Å². The van der Waals surface area contributed by atoms with Gasteiger partial charge in [-0.3, -0.25) is 9.59 Å². The maximum Gasteiger partial charge on any atom is 0.341 e. The lowest BCUT2D eigenvalue weighted by Crippen LogP contribution is -2.21. The molecule has 0 bridgehead atoms. The van der Waals surface area contributed by atoms with Crippen LogP contribution in [0.25, 0.3) is 10.9 Å². The lowest BCUT2D eigenvalue weighted by atomic mass is 9.95. The summed E-state index contributed by atoms with van der Waals surface area (Å²) in [5, 5.41) is 4.36. The number of esters is 1. The van der Waals surface area contributed by atoms with Crippen LogP contribution < -0.4 is 10.7 Å². The highest BCUT2D eigenvalue weighted by atomic mass is 35.5. The van der Waals surface area contributed by atoms with E-state index in [2.05, 4.69) is 5.32 Å². The number of carbonyl (C=O) groups excluding carboxylic acids is 2. The number of pyridine rings is 1. The molecule has 1 N–H and O–H groups in total. The summed E-state index contributed by atoms with van der Waals surface area (Å²) in [6.45, 7) is 2.05. The zero-order valence-electron chi connectivity index (χ0n) is 16.5. The van der Waals surface area contributed by atoms with Gasteiger partial charge >= 0.3 is 5.97 Å². The normalized spacial score (nSPS) is 13.1. The second-order valence-electron chi connectivity index (χ2n) is 7.15. The van der Waals surface area contributed by atoms with Crippen LogP contribution in [0.1, 0.15) is 40.6 Å². The number of halogens is 1. The van der Waals surface area contributed by atoms with Crippen molar-refractivity contribution in [3.05, 3.63) is 61.7 Å². The summed E-state index contributed by atoms with van der Waals surface area (Å²) in [5.41, 5.74) is 1.96. The van der Waals surface area contributed by atoms with Crippen LogP contribution in [0.5, 0.6) is 0 Å². The molecule has 3 aromatic rings. The highest BCUT2D eigenvalue weighted by molar-refractivity contribution is 7.17. The van der Waals surface area contributed by atoms with Crippen LogP contribution in [0.2, 0.25) is 5.02 Å². The minimum Gasteiger partial charge on any atom is -0.462 e. The van der Waals surface area contributed by atoms with Crippen LogP contribution in [0.4, 0.5) is 5.00 Å². The Balaban J connectivity index is 1.63. The summed E-state index contributed by atoms with van der Waals surface area (Å²) in [6.07, 6.45) is 5.42. The van der Waals surface area contributed by atoms with Gasteiger partial charge in [-0.25, -0.2) is 4.79 Å². The van der Waals surface area contributed by atoms with Crippen molar-refractivity contribution < 1.29 is 14.3 Å². The van der Waals surface area contributed by atoms with E-state index in [0.717, 1.165) is 36.1 Å². The van der Waals surface area contributed by atoms with Crippen molar-refractivity contribution in [2.24, 2.45) is 0 Å². The number of amides is 1. The largest absolute Gasteiger partial charge is 0.462 e. The Hall–Kier alpha value is -2.64. The van der Waals surface area contributed by atoms with E-state index in [1.54, 1.807) is 35.9 Å². The molecular formula is C22H21ClN2O4S. The molecule has 30 heavy (non-hydrogen) atoms. The average molecular weight is 445 g/mol. The Morgan fingerprint density at radius 3 is 2.83 bits per heavy atom. The van der Waals surface area contributed by atoms with Gasteiger partial charge in [0, 0.05) is 27.5 Å². The van der Waals surface area contributed by atoms with Crippen molar-refractivity contribution in [1.82, 2.24) is 4.57 Å². The quantitative estimate of drug-likeness (QED) is 0.591. The van der Waals surface area contributed by atoms with Crippen LogP contribution in [0, 0.1) is 0 Å². The first kappa shape index (κ1) is 20.6. The molecule has 2 heterocycles. The smallest absolute Gasteiger partial charge is 0.341 e. The topological polar surface area (TPSA) is 77.4 Å². The number of hydrogen-bond acceptors (Lipinski definition) is 5. The Kier molecular flexibility index (Phi) is 5.92. The minimum atomic E-state index is -0.393. The molecule has 0 aliphatic heterocycles. The molecule has 1 aromatic carbocycles. The van der Waals surface area contributed by atoms with Gasteiger partial charge in [-0.1, -0.05) is 11.6 Å². The lowest BCUT2D eigenvalue weighted by molar-refractivity contribution is -0.116. The number of anilines is 1. The number of nitrogens with zero attached hydrogens (tertiary/aromatic N) is 1. The molecule has 0 atom stereocenters. The highest BCUT2D eigenvalue weighted by Crippen LogP contribution is 2.38. The maximum absolute atomic E-state index is 12.8. The van der Waals surface area contributed by atoms with E-state index in [-0.39, 0.29) is 24.5 Å². The molecule has 1 aliphatic carbocycles. The van der Waals surface area contributed by atoms with Crippen LogP contribution in [0.3, 0.4) is 0 Å². The summed E-state index contributed by atoms with van der Waals surface area (Å²) in [6, 6.07) is 6.42. The van der Waals surface area contributed by atoms with Gasteiger partial charge in [0.1, 0.15) is 11.5 Å². The Morgan fingerprint density at radius 1 is 1.23 bits per heavy atom.